The van der Waals surface area contributed by atoms with Crippen molar-refractivity contribution < 1.29 is 14.3 Å². The molecule has 8 nitrogen and oxygen atoms in total. The Balaban J connectivity index is 1.64. The molecule has 0 N–H and O–H groups in total. The summed E-state index contributed by atoms with van der Waals surface area (Å²) in [6.07, 6.45) is 0.884. The van der Waals surface area contributed by atoms with Crippen molar-refractivity contribution in [3.63, 3.8) is 0 Å². The van der Waals surface area contributed by atoms with Gasteiger partial charge in [-0.1, -0.05) is 23.7 Å². The number of ether oxygens (including phenoxy) is 2. The van der Waals surface area contributed by atoms with Gasteiger partial charge in [-0.25, -0.2) is 19.7 Å². The molecule has 1 aliphatic heterocycles. The largest absolute Gasteiger partial charge is 0.467 e. The normalized spacial score (nSPS) is 17.1. The molecule has 0 bridgehead atoms. The Kier molecular flexibility index (Phi) is 9.09. The van der Waals surface area contributed by atoms with Gasteiger partial charge in [0.25, 0.3) is 0 Å². The maximum atomic E-state index is 13.2. The van der Waals surface area contributed by atoms with Crippen molar-refractivity contribution in [3.05, 3.63) is 58.7 Å². The highest BCUT2D eigenvalue weighted by molar-refractivity contribution is 7.22. The van der Waals surface area contributed by atoms with Crippen LogP contribution in [0.4, 0.5) is 5.95 Å². The van der Waals surface area contributed by atoms with E-state index in [2.05, 4.69) is 35.6 Å². The molecule has 0 saturated carbocycles. The fraction of sp³-hybridized carbons (Fsp3) is 0.455. The van der Waals surface area contributed by atoms with E-state index in [-0.39, 0.29) is 0 Å². The molecule has 0 spiro atoms. The number of thiazole rings is 1. The molecule has 2 aromatic heterocycles. The highest BCUT2D eigenvalue weighted by atomic mass is 35.5. The first-order valence-electron chi connectivity index (χ1n) is 14.7. The van der Waals surface area contributed by atoms with Crippen LogP contribution in [0.2, 0.25) is 5.02 Å². The molecule has 4 aromatic rings. The van der Waals surface area contributed by atoms with Gasteiger partial charge in [-0.15, -0.1) is 11.3 Å². The lowest BCUT2D eigenvalue weighted by Crippen LogP contribution is -2.54. The summed E-state index contributed by atoms with van der Waals surface area (Å²) >= 11 is 7.82. The number of hydrogen-bond donors (Lipinski definition) is 0. The minimum Gasteiger partial charge on any atom is -0.467 e. The molecule has 0 unspecified atom stereocenters. The number of fused-ring (bicyclic) bond motifs is 1. The Morgan fingerprint density at radius 3 is 2.47 bits per heavy atom. The number of aromatic nitrogens is 3. The monoisotopic (exact) mass is 621 g/mol. The number of rotatable bonds is 7. The van der Waals surface area contributed by atoms with Crippen molar-refractivity contribution >= 4 is 45.1 Å². The molecule has 0 amide bonds. The first-order chi connectivity index (χ1) is 20.4. The fourth-order valence-electron chi connectivity index (χ4n) is 5.61. The van der Waals surface area contributed by atoms with Crippen molar-refractivity contribution in [2.24, 2.45) is 0 Å². The molecule has 10 heteroatoms. The molecule has 2 atom stereocenters. The molecule has 2 aromatic carbocycles. The molecule has 0 radical (unpaired) electrons. The zero-order valence-corrected chi connectivity index (χ0v) is 27.7. The lowest BCUT2D eigenvalue weighted by Gasteiger charge is -2.41. The van der Waals surface area contributed by atoms with Crippen LogP contribution in [0, 0.1) is 6.92 Å². The molecule has 1 fully saturated rings. The average molecular weight is 622 g/mol. The van der Waals surface area contributed by atoms with Crippen molar-refractivity contribution in [1.82, 2.24) is 19.9 Å². The topological polar surface area (TPSA) is 80.7 Å². The highest BCUT2D eigenvalue weighted by Crippen LogP contribution is 2.44. The van der Waals surface area contributed by atoms with E-state index in [1.54, 1.807) is 11.3 Å². The lowest BCUT2D eigenvalue weighted by molar-refractivity contribution is -0.164. The van der Waals surface area contributed by atoms with Gasteiger partial charge in [0, 0.05) is 54.1 Å². The van der Waals surface area contributed by atoms with E-state index < -0.39 is 17.7 Å². The smallest absolute Gasteiger partial charge is 0.339 e. The maximum absolute atomic E-state index is 13.2. The Hall–Kier alpha value is -3.11. The number of esters is 1. The fourth-order valence-corrected chi connectivity index (χ4v) is 6.83. The van der Waals surface area contributed by atoms with E-state index in [4.69, 9.17) is 31.0 Å². The zero-order chi connectivity index (χ0) is 31.1. The second-order valence-corrected chi connectivity index (χ2v) is 13.8. The first-order valence-corrected chi connectivity index (χ1v) is 15.9. The molecular weight excluding hydrogens is 582 g/mol. The molecule has 5 rings (SSSR count). The number of hydrogen-bond acceptors (Lipinski definition) is 9. The highest BCUT2D eigenvalue weighted by Gasteiger charge is 2.33. The van der Waals surface area contributed by atoms with E-state index in [1.807, 2.05) is 70.3 Å². The van der Waals surface area contributed by atoms with Crippen LogP contribution in [0.25, 0.3) is 32.0 Å². The van der Waals surface area contributed by atoms with Crippen LogP contribution in [-0.2, 0) is 14.3 Å². The summed E-state index contributed by atoms with van der Waals surface area (Å²) in [6.45, 7) is 17.3. The number of halogens is 1. The van der Waals surface area contributed by atoms with Crippen molar-refractivity contribution in [1.29, 1.82) is 0 Å². The van der Waals surface area contributed by atoms with Crippen molar-refractivity contribution in [2.45, 2.75) is 72.3 Å². The van der Waals surface area contributed by atoms with Gasteiger partial charge in [0.1, 0.15) is 10.7 Å². The number of benzene rings is 2. The van der Waals surface area contributed by atoms with Crippen LogP contribution >= 0.6 is 22.9 Å². The van der Waals surface area contributed by atoms with Crippen LogP contribution in [0.1, 0.15) is 58.8 Å². The summed E-state index contributed by atoms with van der Waals surface area (Å²) in [7, 11) is 1.39. The standard InChI is InChI=1S/C33H40ClN5O3S/c1-19(2)38-15-16-39(21(4)18-38)32-35-14-13-24(37-32)30-36-25-17-20(3)26(28(31(40)41-8)42-33(5,6)7)27(29(25)43-30)22-9-11-23(34)12-10-22/h9-14,17,19,21,28H,15-16,18H2,1-8H3/t21-,28-/m0/s1. The minimum absolute atomic E-state index is 0.293. The van der Waals surface area contributed by atoms with Gasteiger partial charge in [0.05, 0.1) is 22.9 Å². The van der Waals surface area contributed by atoms with E-state index in [0.717, 1.165) is 62.8 Å². The summed E-state index contributed by atoms with van der Waals surface area (Å²) < 4.78 is 12.5. The summed E-state index contributed by atoms with van der Waals surface area (Å²) in [4.78, 5) is 32.7. The molecule has 0 aliphatic carbocycles. The minimum atomic E-state index is -0.928. The second kappa shape index (κ2) is 12.5. The quantitative estimate of drug-likeness (QED) is 0.198. The molecule has 228 valence electrons. The summed E-state index contributed by atoms with van der Waals surface area (Å²) in [5.74, 6) is 0.260. The first kappa shape index (κ1) is 31.3. The summed E-state index contributed by atoms with van der Waals surface area (Å²) in [5.41, 5.74) is 4.43. The SMILES string of the molecule is COC(=O)[C@@H](OC(C)(C)C)c1c(C)cc2nc(-c3ccnc(N4CCN(C(C)C)C[C@@H]4C)n3)sc2c1-c1ccc(Cl)cc1. The third-order valence-corrected chi connectivity index (χ3v) is 9.08. The number of piperazine rings is 1. The molecule has 3 heterocycles. The second-order valence-electron chi connectivity index (χ2n) is 12.4. The van der Waals surface area contributed by atoms with E-state index >= 15 is 0 Å². The van der Waals surface area contributed by atoms with E-state index in [9.17, 15) is 4.79 Å². The Labute approximate surface area is 263 Å². The van der Waals surface area contributed by atoms with E-state index in [1.165, 1.54) is 7.11 Å². The third-order valence-electron chi connectivity index (χ3n) is 7.72. The summed E-state index contributed by atoms with van der Waals surface area (Å²) in [5, 5.41) is 1.41. The van der Waals surface area contributed by atoms with Gasteiger partial charge in [-0.3, -0.25) is 4.90 Å². The predicted molar refractivity (Wildman–Crippen MR) is 175 cm³/mol. The number of carbonyl (C=O) groups is 1. The van der Waals surface area contributed by atoms with Crippen molar-refractivity contribution in [3.8, 4) is 21.8 Å². The van der Waals surface area contributed by atoms with Crippen LogP contribution in [0.15, 0.2) is 42.6 Å². The van der Waals surface area contributed by atoms with Gasteiger partial charge in [0.15, 0.2) is 6.10 Å². The van der Waals surface area contributed by atoms with Gasteiger partial charge in [0.2, 0.25) is 5.95 Å². The van der Waals surface area contributed by atoms with Gasteiger partial charge < -0.3 is 14.4 Å². The van der Waals surface area contributed by atoms with E-state index in [0.29, 0.717) is 23.1 Å². The van der Waals surface area contributed by atoms with Crippen molar-refractivity contribution in [2.75, 3.05) is 31.6 Å². The average Bonchev–Trinajstić information content (AvgIpc) is 3.38. The van der Waals surface area contributed by atoms with Crippen LogP contribution in [-0.4, -0.2) is 70.2 Å². The number of methoxy groups -OCH3 is 1. The predicted octanol–water partition coefficient (Wildman–Crippen LogP) is 7.33. The Bertz CT molecular complexity index is 1620. The van der Waals surface area contributed by atoms with Gasteiger partial charge in [-0.2, -0.15) is 0 Å². The number of anilines is 1. The molecule has 1 aliphatic rings. The number of aryl methyl sites for hydroxylation is 1. The van der Waals surface area contributed by atoms with Gasteiger partial charge in [-0.05, 0) is 83.9 Å². The third kappa shape index (κ3) is 6.70. The molecular formula is C33H40ClN5O3S. The molecule has 1 saturated heterocycles. The Morgan fingerprint density at radius 1 is 1.12 bits per heavy atom. The van der Waals surface area contributed by atoms with Crippen LogP contribution in [0.3, 0.4) is 0 Å². The number of nitrogens with zero attached hydrogens (tertiary/aromatic N) is 5. The Morgan fingerprint density at radius 2 is 1.84 bits per heavy atom. The number of carbonyl (C=O) groups excluding carboxylic acids is 1. The van der Waals surface area contributed by atoms with Crippen LogP contribution in [0.5, 0.6) is 0 Å². The zero-order valence-electron chi connectivity index (χ0n) is 26.1. The lowest BCUT2D eigenvalue weighted by atomic mass is 9.91. The van der Waals surface area contributed by atoms with Gasteiger partial charge >= 0.3 is 5.97 Å². The maximum Gasteiger partial charge on any atom is 0.339 e. The van der Waals surface area contributed by atoms with Crippen LogP contribution < -0.4 is 4.90 Å². The summed E-state index contributed by atoms with van der Waals surface area (Å²) in [6, 6.07) is 12.4. The molecule has 43 heavy (non-hydrogen) atoms.